The first-order valence-electron chi connectivity index (χ1n) is 5.08. The van der Waals surface area contributed by atoms with E-state index in [1.165, 1.54) is 6.26 Å². The lowest BCUT2D eigenvalue weighted by Crippen LogP contribution is -2.06. The van der Waals surface area contributed by atoms with Crippen LogP contribution >= 0.6 is 0 Å². The molecule has 90 valence electrons. The van der Waals surface area contributed by atoms with Gasteiger partial charge in [0.1, 0.15) is 9.84 Å². The highest BCUT2D eigenvalue weighted by Gasteiger charge is 2.02. The molecule has 16 heavy (non-hydrogen) atoms. The Labute approximate surface area is 96.3 Å². The zero-order chi connectivity index (χ0) is 12.0. The molecule has 0 heterocycles. The Morgan fingerprint density at radius 1 is 1.12 bits per heavy atom. The van der Waals surface area contributed by atoms with Crippen LogP contribution in [-0.4, -0.2) is 27.0 Å². The van der Waals surface area contributed by atoms with E-state index in [2.05, 4.69) is 4.84 Å². The van der Waals surface area contributed by atoms with Crippen LogP contribution in [0, 0.1) is 0 Å². The fraction of sp³-hybridized carbons (Fsp3) is 0.455. The number of aryl methyl sites for hydroxylation is 1. The summed E-state index contributed by atoms with van der Waals surface area (Å²) in [6.07, 6.45) is 2.58. The summed E-state index contributed by atoms with van der Waals surface area (Å²) in [5.41, 5.74) is 2.16. The molecule has 0 unspecified atom stereocenters. The fourth-order valence-corrected chi connectivity index (χ4v) is 1.96. The van der Waals surface area contributed by atoms with Crippen LogP contribution in [0.25, 0.3) is 0 Å². The van der Waals surface area contributed by atoms with Gasteiger partial charge in [0.2, 0.25) is 0 Å². The molecule has 0 aliphatic carbocycles. The quantitative estimate of drug-likeness (QED) is 0.747. The molecular weight excluding hydrogens is 226 g/mol. The van der Waals surface area contributed by atoms with Crippen molar-refractivity contribution in [3.05, 3.63) is 35.4 Å². The summed E-state index contributed by atoms with van der Waals surface area (Å²) in [5, 5.41) is 0. The van der Waals surface area contributed by atoms with Crippen LogP contribution in [0.5, 0.6) is 0 Å². The standard InChI is InChI=1S/C11H17NO3S/c1-16(13,14)9-7-11-4-2-10(3-5-11)6-8-15-12/h2-5H,6-9,12H2,1H3. The highest BCUT2D eigenvalue weighted by Crippen LogP contribution is 2.06. The minimum Gasteiger partial charge on any atom is -0.304 e. The maximum Gasteiger partial charge on any atom is 0.147 e. The van der Waals surface area contributed by atoms with Gasteiger partial charge in [0.15, 0.2) is 0 Å². The fourth-order valence-electron chi connectivity index (χ4n) is 1.35. The Morgan fingerprint density at radius 2 is 1.62 bits per heavy atom. The molecule has 1 aromatic rings. The van der Waals surface area contributed by atoms with Crippen LogP contribution in [0.4, 0.5) is 0 Å². The van der Waals surface area contributed by atoms with E-state index in [9.17, 15) is 8.42 Å². The number of benzene rings is 1. The Bertz CT molecular complexity index is 411. The maximum absolute atomic E-state index is 11.0. The van der Waals surface area contributed by atoms with E-state index in [1.807, 2.05) is 24.3 Å². The largest absolute Gasteiger partial charge is 0.304 e. The van der Waals surface area contributed by atoms with Gasteiger partial charge in [-0.05, 0) is 24.0 Å². The van der Waals surface area contributed by atoms with Gasteiger partial charge >= 0.3 is 0 Å². The summed E-state index contributed by atoms with van der Waals surface area (Å²) in [6.45, 7) is 0.489. The second-order valence-corrected chi connectivity index (χ2v) is 6.08. The maximum atomic E-state index is 11.0. The lowest BCUT2D eigenvalue weighted by molar-refractivity contribution is 0.141. The number of rotatable bonds is 6. The van der Waals surface area contributed by atoms with E-state index in [-0.39, 0.29) is 5.75 Å². The second kappa shape index (κ2) is 5.98. The molecule has 0 aromatic heterocycles. The van der Waals surface area contributed by atoms with Gasteiger partial charge in [-0.15, -0.1) is 0 Å². The molecule has 0 radical (unpaired) electrons. The van der Waals surface area contributed by atoms with Crippen molar-refractivity contribution in [2.24, 2.45) is 5.90 Å². The molecule has 0 saturated carbocycles. The van der Waals surface area contributed by atoms with Crippen molar-refractivity contribution in [1.29, 1.82) is 0 Å². The van der Waals surface area contributed by atoms with E-state index < -0.39 is 9.84 Å². The predicted molar refractivity (Wildman–Crippen MR) is 63.7 cm³/mol. The van der Waals surface area contributed by atoms with Crippen molar-refractivity contribution in [3.8, 4) is 0 Å². The molecule has 2 N–H and O–H groups in total. The monoisotopic (exact) mass is 243 g/mol. The highest BCUT2D eigenvalue weighted by atomic mass is 32.2. The van der Waals surface area contributed by atoms with Gasteiger partial charge in [-0.2, -0.15) is 0 Å². The first-order valence-corrected chi connectivity index (χ1v) is 7.14. The normalized spacial score (nSPS) is 11.6. The van der Waals surface area contributed by atoms with Gasteiger partial charge in [0, 0.05) is 6.26 Å². The molecule has 0 spiro atoms. The van der Waals surface area contributed by atoms with Crippen molar-refractivity contribution in [3.63, 3.8) is 0 Å². The summed E-state index contributed by atoms with van der Waals surface area (Å²) < 4.78 is 22.0. The van der Waals surface area contributed by atoms with Crippen LogP contribution in [-0.2, 0) is 27.5 Å². The summed E-state index contributed by atoms with van der Waals surface area (Å²) in [5.74, 6) is 5.13. The van der Waals surface area contributed by atoms with Crippen LogP contribution in [0.3, 0.4) is 0 Å². The van der Waals surface area contributed by atoms with Crippen LogP contribution in [0.2, 0.25) is 0 Å². The average molecular weight is 243 g/mol. The summed E-state index contributed by atoms with van der Waals surface area (Å²) in [6, 6.07) is 7.82. The minimum absolute atomic E-state index is 0.193. The van der Waals surface area contributed by atoms with Gasteiger partial charge in [0.05, 0.1) is 12.4 Å². The summed E-state index contributed by atoms with van der Waals surface area (Å²) in [4.78, 5) is 4.49. The number of sulfone groups is 1. The SMILES string of the molecule is CS(=O)(=O)CCc1ccc(CCON)cc1. The van der Waals surface area contributed by atoms with E-state index in [0.29, 0.717) is 13.0 Å². The van der Waals surface area contributed by atoms with Crippen LogP contribution < -0.4 is 5.90 Å². The molecule has 1 aromatic carbocycles. The third kappa shape index (κ3) is 5.25. The Kier molecular flexibility index (Phi) is 4.92. The Balaban J connectivity index is 2.51. The van der Waals surface area contributed by atoms with Crippen molar-refractivity contribution >= 4 is 9.84 Å². The first kappa shape index (κ1) is 13.2. The number of hydrogen-bond donors (Lipinski definition) is 1. The number of nitrogens with two attached hydrogens (primary N) is 1. The van der Waals surface area contributed by atoms with E-state index in [4.69, 9.17) is 5.90 Å². The molecular formula is C11H17NO3S. The van der Waals surface area contributed by atoms with Crippen molar-refractivity contribution in [2.45, 2.75) is 12.8 Å². The lowest BCUT2D eigenvalue weighted by Gasteiger charge is -2.03. The average Bonchev–Trinajstić information content (AvgIpc) is 2.24. The zero-order valence-corrected chi connectivity index (χ0v) is 10.2. The van der Waals surface area contributed by atoms with Gasteiger partial charge in [-0.25, -0.2) is 14.3 Å². The lowest BCUT2D eigenvalue weighted by atomic mass is 10.1. The minimum atomic E-state index is -2.88. The van der Waals surface area contributed by atoms with E-state index >= 15 is 0 Å². The Hall–Kier alpha value is -0.910. The predicted octanol–water partition coefficient (Wildman–Crippen LogP) is 0.707. The zero-order valence-electron chi connectivity index (χ0n) is 9.35. The summed E-state index contributed by atoms with van der Waals surface area (Å²) in [7, 11) is -2.88. The van der Waals surface area contributed by atoms with Crippen molar-refractivity contribution in [2.75, 3.05) is 18.6 Å². The molecule has 5 heteroatoms. The molecule has 1 rings (SSSR count). The van der Waals surface area contributed by atoms with Crippen molar-refractivity contribution < 1.29 is 13.3 Å². The van der Waals surface area contributed by atoms with Crippen LogP contribution in [0.1, 0.15) is 11.1 Å². The smallest absolute Gasteiger partial charge is 0.147 e. The summed E-state index contributed by atoms with van der Waals surface area (Å²) >= 11 is 0. The van der Waals surface area contributed by atoms with Gasteiger partial charge in [-0.3, -0.25) is 0 Å². The molecule has 0 saturated heterocycles. The highest BCUT2D eigenvalue weighted by molar-refractivity contribution is 7.90. The molecule has 4 nitrogen and oxygen atoms in total. The topological polar surface area (TPSA) is 69.4 Å². The van der Waals surface area contributed by atoms with Gasteiger partial charge < -0.3 is 4.84 Å². The molecule has 0 fully saturated rings. The molecule has 0 atom stereocenters. The third-order valence-corrected chi connectivity index (χ3v) is 3.24. The first-order chi connectivity index (χ1) is 7.51. The molecule has 0 bridgehead atoms. The molecule has 0 aliphatic rings. The Morgan fingerprint density at radius 3 is 2.06 bits per heavy atom. The van der Waals surface area contributed by atoms with Gasteiger partial charge in [-0.1, -0.05) is 24.3 Å². The molecule has 0 amide bonds. The van der Waals surface area contributed by atoms with Gasteiger partial charge in [0.25, 0.3) is 0 Å². The van der Waals surface area contributed by atoms with Crippen molar-refractivity contribution in [1.82, 2.24) is 0 Å². The number of hydrogen-bond acceptors (Lipinski definition) is 4. The van der Waals surface area contributed by atoms with Crippen LogP contribution in [0.15, 0.2) is 24.3 Å². The van der Waals surface area contributed by atoms with E-state index in [0.717, 1.165) is 17.5 Å². The molecule has 0 aliphatic heterocycles. The third-order valence-electron chi connectivity index (χ3n) is 2.29. The second-order valence-electron chi connectivity index (χ2n) is 3.82. The van der Waals surface area contributed by atoms with E-state index in [1.54, 1.807) is 0 Å².